The molecule has 1 amide bonds. The van der Waals surface area contributed by atoms with Gasteiger partial charge in [-0.05, 0) is 56.0 Å². The summed E-state index contributed by atoms with van der Waals surface area (Å²) in [5.74, 6) is -0.0940. The number of hydrogen-bond acceptors (Lipinski definition) is 3. The number of hydrogen-bond donors (Lipinski definition) is 2. The predicted octanol–water partition coefficient (Wildman–Crippen LogP) is 5.38. The van der Waals surface area contributed by atoms with Gasteiger partial charge in [-0.1, -0.05) is 25.0 Å². The van der Waals surface area contributed by atoms with Gasteiger partial charge in [0.2, 0.25) is 5.91 Å². The number of carbonyl (C=O) groups excluding carboxylic acids is 1. The van der Waals surface area contributed by atoms with Crippen molar-refractivity contribution in [2.24, 2.45) is 0 Å². The maximum Gasteiger partial charge on any atom is 0.416 e. The van der Waals surface area contributed by atoms with Crippen LogP contribution >= 0.6 is 11.3 Å². The van der Waals surface area contributed by atoms with Gasteiger partial charge < -0.3 is 10.4 Å². The van der Waals surface area contributed by atoms with E-state index in [0.717, 1.165) is 42.7 Å². The topological polar surface area (TPSA) is 49.3 Å². The summed E-state index contributed by atoms with van der Waals surface area (Å²) in [5.41, 5.74) is -0.0492. The minimum Gasteiger partial charge on any atom is -0.388 e. The Bertz CT molecular complexity index is 821. The van der Waals surface area contributed by atoms with E-state index in [1.165, 1.54) is 17.0 Å². The molecule has 0 aliphatic heterocycles. The van der Waals surface area contributed by atoms with Crippen LogP contribution in [0.4, 0.5) is 13.2 Å². The second-order valence-corrected chi connectivity index (χ2v) is 8.95. The zero-order valence-electron chi connectivity index (χ0n) is 16.4. The van der Waals surface area contributed by atoms with Crippen molar-refractivity contribution in [2.75, 3.05) is 6.54 Å². The normalized spacial score (nSPS) is 17.3. The number of carbonyl (C=O) groups is 1. The first-order valence-corrected chi connectivity index (χ1v) is 10.7. The smallest absolute Gasteiger partial charge is 0.388 e. The van der Waals surface area contributed by atoms with E-state index in [9.17, 15) is 23.1 Å². The van der Waals surface area contributed by atoms with E-state index in [1.54, 1.807) is 18.3 Å². The summed E-state index contributed by atoms with van der Waals surface area (Å²) < 4.78 is 37.9. The van der Waals surface area contributed by atoms with Gasteiger partial charge in [-0.15, -0.1) is 11.3 Å². The lowest BCUT2D eigenvalue weighted by atomic mass is 9.84. The number of nitrogens with one attached hydrogen (secondary N) is 1. The third-order valence-corrected chi connectivity index (χ3v) is 7.17. The summed E-state index contributed by atoms with van der Waals surface area (Å²) in [6.45, 7) is 2.30. The molecule has 0 bridgehead atoms. The lowest BCUT2D eigenvalue weighted by molar-refractivity contribution is -0.137. The van der Waals surface area contributed by atoms with Gasteiger partial charge in [-0.2, -0.15) is 13.2 Å². The Balaban J connectivity index is 1.55. The fraction of sp³-hybridized carbons (Fsp3) is 0.500. The molecule has 3 nitrogen and oxygen atoms in total. The predicted molar refractivity (Wildman–Crippen MR) is 108 cm³/mol. The molecular weight excluding hydrogens is 399 g/mol. The number of aliphatic hydroxyl groups excluding tert-OH is 1. The first-order valence-electron chi connectivity index (χ1n) is 9.91. The van der Waals surface area contributed by atoms with E-state index in [0.29, 0.717) is 18.5 Å². The molecule has 1 saturated carbocycles. The van der Waals surface area contributed by atoms with E-state index >= 15 is 0 Å². The fourth-order valence-electron chi connectivity index (χ4n) is 3.90. The van der Waals surface area contributed by atoms with Crippen LogP contribution in [0.25, 0.3) is 0 Å². The molecule has 1 aliphatic carbocycles. The van der Waals surface area contributed by atoms with E-state index in [2.05, 4.69) is 11.4 Å². The van der Waals surface area contributed by atoms with Crippen LogP contribution < -0.4 is 5.32 Å². The van der Waals surface area contributed by atoms with Crippen molar-refractivity contribution in [3.8, 4) is 0 Å². The van der Waals surface area contributed by atoms with Crippen molar-refractivity contribution in [3.63, 3.8) is 0 Å². The zero-order valence-corrected chi connectivity index (χ0v) is 17.2. The number of alkyl halides is 3. The van der Waals surface area contributed by atoms with Crippen LogP contribution in [0.15, 0.2) is 36.4 Å². The number of aryl methyl sites for hydroxylation is 1. The van der Waals surface area contributed by atoms with Gasteiger partial charge >= 0.3 is 6.18 Å². The molecule has 3 rings (SSSR count). The Morgan fingerprint density at radius 3 is 2.38 bits per heavy atom. The van der Waals surface area contributed by atoms with Gasteiger partial charge in [0.25, 0.3) is 0 Å². The minimum absolute atomic E-state index is 0.0815. The van der Waals surface area contributed by atoms with Crippen molar-refractivity contribution in [1.82, 2.24) is 5.32 Å². The highest BCUT2D eigenvalue weighted by Gasteiger charge is 2.37. The second-order valence-electron chi connectivity index (χ2n) is 7.84. The van der Waals surface area contributed by atoms with Crippen LogP contribution in [0.2, 0.25) is 0 Å². The number of benzene rings is 1. The third kappa shape index (κ3) is 5.39. The Morgan fingerprint density at radius 2 is 1.83 bits per heavy atom. The Hall–Kier alpha value is -1.86. The van der Waals surface area contributed by atoms with E-state index in [4.69, 9.17) is 0 Å². The van der Waals surface area contributed by atoms with Crippen molar-refractivity contribution < 1.29 is 23.1 Å². The molecule has 7 heteroatoms. The molecule has 1 unspecified atom stereocenters. The summed E-state index contributed by atoms with van der Waals surface area (Å²) >= 11 is 1.61. The van der Waals surface area contributed by atoms with Gasteiger partial charge in [-0.3, -0.25) is 4.79 Å². The summed E-state index contributed by atoms with van der Waals surface area (Å²) in [7, 11) is 0. The van der Waals surface area contributed by atoms with Gasteiger partial charge in [0.1, 0.15) is 0 Å². The van der Waals surface area contributed by atoms with Crippen molar-refractivity contribution in [1.29, 1.82) is 0 Å². The highest BCUT2D eigenvalue weighted by molar-refractivity contribution is 7.12. The van der Waals surface area contributed by atoms with Crippen molar-refractivity contribution in [2.45, 2.75) is 63.1 Å². The molecule has 29 heavy (non-hydrogen) atoms. The van der Waals surface area contributed by atoms with Gasteiger partial charge in [0, 0.05) is 28.1 Å². The van der Waals surface area contributed by atoms with Crippen LogP contribution in [-0.2, 0) is 22.8 Å². The summed E-state index contributed by atoms with van der Waals surface area (Å²) in [5, 5.41) is 12.8. The molecule has 1 atom stereocenters. The lowest BCUT2D eigenvalue weighted by Crippen LogP contribution is -2.38. The van der Waals surface area contributed by atoms with E-state index in [1.807, 2.05) is 6.07 Å². The number of amides is 1. The average Bonchev–Trinajstić information content (AvgIpc) is 3.34. The highest BCUT2D eigenvalue weighted by atomic mass is 32.1. The van der Waals surface area contributed by atoms with Gasteiger partial charge in [0.15, 0.2) is 0 Å². The molecule has 0 saturated heterocycles. The summed E-state index contributed by atoms with van der Waals surface area (Å²) in [6.07, 6.45) is 0.0453. The molecule has 1 aromatic heterocycles. The number of rotatable bonds is 7. The molecule has 0 spiro atoms. The molecule has 1 heterocycles. The third-order valence-electron chi connectivity index (χ3n) is 5.67. The molecule has 158 valence electrons. The van der Waals surface area contributed by atoms with Crippen LogP contribution in [0.1, 0.15) is 66.0 Å². The molecule has 2 aromatic rings. The van der Waals surface area contributed by atoms with Crippen molar-refractivity contribution in [3.05, 3.63) is 57.3 Å². The number of thiophene rings is 1. The minimum atomic E-state index is -4.35. The average molecular weight is 426 g/mol. The highest BCUT2D eigenvalue weighted by Crippen LogP contribution is 2.44. The summed E-state index contributed by atoms with van der Waals surface area (Å²) in [4.78, 5) is 14.5. The van der Waals surface area contributed by atoms with Crippen LogP contribution in [0, 0.1) is 0 Å². The first kappa shape index (κ1) is 21.8. The maximum absolute atomic E-state index is 12.6. The first-order chi connectivity index (χ1) is 13.7. The molecule has 2 N–H and O–H groups in total. The van der Waals surface area contributed by atoms with Gasteiger partial charge in [0.05, 0.1) is 11.7 Å². The molecular formula is C22H26F3NO2S. The monoisotopic (exact) mass is 425 g/mol. The second kappa shape index (κ2) is 8.88. The summed E-state index contributed by atoms with van der Waals surface area (Å²) in [6, 6.07) is 8.98. The van der Waals surface area contributed by atoms with Crippen LogP contribution in [0.5, 0.6) is 0 Å². The largest absolute Gasteiger partial charge is 0.416 e. The van der Waals surface area contributed by atoms with Crippen molar-refractivity contribution >= 4 is 17.2 Å². The Morgan fingerprint density at radius 1 is 1.17 bits per heavy atom. The van der Waals surface area contributed by atoms with Crippen LogP contribution in [-0.4, -0.2) is 17.6 Å². The maximum atomic E-state index is 12.6. The fourth-order valence-corrected chi connectivity index (χ4v) is 5.09. The lowest BCUT2D eigenvalue weighted by Gasteiger charge is -2.28. The zero-order chi connectivity index (χ0) is 21.1. The quantitative estimate of drug-likeness (QED) is 0.626. The standard InChI is InChI=1S/C22H26F3NO2S/c1-15(27)18-9-10-19(29-18)21(12-2-3-13-21)14-26-20(28)11-6-16-4-7-17(8-5-16)22(23,24)25/h4-5,7-10,15,27H,2-3,6,11-14H2,1H3,(H,26,28). The molecule has 1 aromatic carbocycles. The SMILES string of the molecule is CC(O)c1ccc(C2(CNC(=O)CCc3ccc(C(F)(F)F)cc3)CCCC2)s1. The van der Waals surface area contributed by atoms with E-state index in [-0.39, 0.29) is 17.7 Å². The van der Waals surface area contributed by atoms with Crippen LogP contribution in [0.3, 0.4) is 0 Å². The molecule has 0 radical (unpaired) electrons. The Kier molecular flexibility index (Phi) is 6.69. The number of halogens is 3. The molecule has 1 aliphatic rings. The molecule has 1 fully saturated rings. The Labute approximate surface area is 173 Å². The van der Waals surface area contributed by atoms with E-state index < -0.39 is 17.8 Å². The van der Waals surface area contributed by atoms with Gasteiger partial charge in [-0.25, -0.2) is 0 Å². The number of aliphatic hydroxyl groups is 1.